The lowest BCUT2D eigenvalue weighted by Gasteiger charge is -2.24. The summed E-state index contributed by atoms with van der Waals surface area (Å²) in [5.41, 5.74) is 10.5. The lowest BCUT2D eigenvalue weighted by molar-refractivity contribution is 1.18. The summed E-state index contributed by atoms with van der Waals surface area (Å²) in [6.45, 7) is 0. The zero-order valence-electron chi connectivity index (χ0n) is 24.1. The summed E-state index contributed by atoms with van der Waals surface area (Å²) in [6.07, 6.45) is 1.84. The summed E-state index contributed by atoms with van der Waals surface area (Å²) < 4.78 is 2.35. The van der Waals surface area contributed by atoms with Crippen molar-refractivity contribution < 1.29 is 0 Å². The Morgan fingerprint density at radius 3 is 1.36 bits per heavy atom. The Hall–Kier alpha value is -5.93. The number of benzene rings is 6. The van der Waals surface area contributed by atoms with Crippen molar-refractivity contribution in [2.24, 2.45) is 0 Å². The molecular weight excluding hydrogens is 534 g/mol. The van der Waals surface area contributed by atoms with Crippen molar-refractivity contribution in [1.82, 2.24) is 9.55 Å². The van der Waals surface area contributed by atoms with Crippen molar-refractivity contribution in [1.29, 1.82) is 0 Å². The van der Waals surface area contributed by atoms with E-state index in [0.29, 0.717) is 0 Å². The van der Waals surface area contributed by atoms with Gasteiger partial charge in [0.2, 0.25) is 0 Å². The van der Waals surface area contributed by atoms with Gasteiger partial charge in [-0.25, -0.2) is 4.98 Å². The molecule has 0 bridgehead atoms. The van der Waals surface area contributed by atoms with Gasteiger partial charge in [0, 0.05) is 34.0 Å². The molecule has 0 radical (unpaired) electrons. The van der Waals surface area contributed by atoms with Crippen molar-refractivity contribution >= 4 is 39.0 Å². The normalized spacial score (nSPS) is 11.2. The van der Waals surface area contributed by atoms with E-state index >= 15 is 0 Å². The molecule has 0 aliphatic heterocycles. The molecule has 0 saturated carbocycles. The van der Waals surface area contributed by atoms with Crippen LogP contribution in [0.15, 0.2) is 176 Å². The van der Waals surface area contributed by atoms with Gasteiger partial charge in [0.25, 0.3) is 0 Å². The molecule has 0 amide bonds. The fraction of sp³-hybridized carbons (Fsp3) is 0. The first-order valence-electron chi connectivity index (χ1n) is 14.9. The third kappa shape index (κ3) is 4.61. The first-order chi connectivity index (χ1) is 21.8. The van der Waals surface area contributed by atoms with Gasteiger partial charge < -0.3 is 4.57 Å². The molecular formula is C41H29N3. The summed E-state index contributed by atoms with van der Waals surface area (Å²) in [4.78, 5) is 6.89. The number of fused-ring (bicyclic) bond motifs is 3. The van der Waals surface area contributed by atoms with Gasteiger partial charge in [-0.3, -0.25) is 4.90 Å². The molecule has 0 aliphatic carbocycles. The van der Waals surface area contributed by atoms with Crippen LogP contribution >= 0.6 is 0 Å². The highest BCUT2D eigenvalue weighted by Crippen LogP contribution is 2.36. The van der Waals surface area contributed by atoms with Crippen LogP contribution in [0.4, 0.5) is 17.2 Å². The summed E-state index contributed by atoms with van der Waals surface area (Å²) in [5, 5.41) is 2.55. The minimum Gasteiger partial charge on any atom is -0.309 e. The monoisotopic (exact) mass is 563 g/mol. The van der Waals surface area contributed by atoms with Gasteiger partial charge in [0.15, 0.2) is 0 Å². The highest BCUT2D eigenvalue weighted by molar-refractivity contribution is 6.09. The van der Waals surface area contributed by atoms with Crippen molar-refractivity contribution in [2.45, 2.75) is 0 Å². The molecule has 0 unspecified atom stereocenters. The molecule has 208 valence electrons. The molecule has 3 heteroatoms. The summed E-state index contributed by atoms with van der Waals surface area (Å²) in [5.74, 6) is 0.878. The number of hydrogen-bond donors (Lipinski definition) is 0. The lowest BCUT2D eigenvalue weighted by Crippen LogP contribution is -2.11. The van der Waals surface area contributed by atoms with Gasteiger partial charge in [-0.15, -0.1) is 0 Å². The topological polar surface area (TPSA) is 21.1 Å². The number of pyridine rings is 1. The summed E-state index contributed by atoms with van der Waals surface area (Å²) in [6, 6.07) is 60.0. The average molecular weight is 564 g/mol. The Kier molecular flexibility index (Phi) is 6.47. The van der Waals surface area contributed by atoms with Crippen LogP contribution in [0, 0.1) is 0 Å². The third-order valence-corrected chi connectivity index (χ3v) is 8.28. The molecule has 8 aromatic rings. The van der Waals surface area contributed by atoms with Crippen molar-refractivity contribution in [3.8, 4) is 27.9 Å². The number of anilines is 3. The van der Waals surface area contributed by atoms with Crippen LogP contribution in [0.2, 0.25) is 0 Å². The number of nitrogens with zero attached hydrogens (tertiary/aromatic N) is 3. The Bertz CT molecular complexity index is 2130. The second-order valence-corrected chi connectivity index (χ2v) is 10.9. The average Bonchev–Trinajstić information content (AvgIpc) is 3.44. The largest absolute Gasteiger partial charge is 0.309 e. The highest BCUT2D eigenvalue weighted by Gasteiger charge is 2.15. The quantitative estimate of drug-likeness (QED) is 0.201. The minimum atomic E-state index is 0.878. The molecule has 6 aromatic carbocycles. The number of aromatic nitrogens is 2. The lowest BCUT2D eigenvalue weighted by atomic mass is 10.0. The van der Waals surface area contributed by atoms with Crippen LogP contribution in [0.3, 0.4) is 0 Å². The van der Waals surface area contributed by atoms with E-state index in [0.717, 1.165) is 22.9 Å². The smallest absolute Gasteiger partial charge is 0.137 e. The van der Waals surface area contributed by atoms with Crippen LogP contribution in [-0.4, -0.2) is 9.55 Å². The first-order valence-corrected chi connectivity index (χ1v) is 14.9. The molecule has 44 heavy (non-hydrogen) atoms. The van der Waals surface area contributed by atoms with E-state index < -0.39 is 0 Å². The maximum absolute atomic E-state index is 4.69. The zero-order chi connectivity index (χ0) is 29.3. The van der Waals surface area contributed by atoms with E-state index in [4.69, 9.17) is 4.98 Å². The molecule has 2 heterocycles. The van der Waals surface area contributed by atoms with Gasteiger partial charge in [-0.05, 0) is 82.9 Å². The SMILES string of the molecule is c1ccc(-c2ccc(N(c3ccc(-c4ccc(-n5c6ccccc6c6ccccc65)cc4)cc3)c3ccccn3)cc2)cc1. The maximum Gasteiger partial charge on any atom is 0.137 e. The molecule has 0 atom stereocenters. The Morgan fingerprint density at radius 1 is 0.386 bits per heavy atom. The molecule has 0 saturated heterocycles. The summed E-state index contributed by atoms with van der Waals surface area (Å²) >= 11 is 0. The van der Waals surface area contributed by atoms with E-state index in [1.54, 1.807) is 0 Å². The van der Waals surface area contributed by atoms with Crippen molar-refractivity contribution in [3.63, 3.8) is 0 Å². The van der Waals surface area contributed by atoms with E-state index in [1.807, 2.05) is 30.5 Å². The van der Waals surface area contributed by atoms with E-state index in [-0.39, 0.29) is 0 Å². The maximum atomic E-state index is 4.69. The zero-order valence-corrected chi connectivity index (χ0v) is 24.1. The van der Waals surface area contributed by atoms with Gasteiger partial charge >= 0.3 is 0 Å². The van der Waals surface area contributed by atoms with E-state index in [2.05, 4.69) is 155 Å². The van der Waals surface area contributed by atoms with Gasteiger partial charge in [-0.2, -0.15) is 0 Å². The Balaban J connectivity index is 1.12. The third-order valence-electron chi connectivity index (χ3n) is 8.28. The van der Waals surface area contributed by atoms with Crippen LogP contribution in [0.25, 0.3) is 49.7 Å². The molecule has 0 spiro atoms. The van der Waals surface area contributed by atoms with Gasteiger partial charge in [0.05, 0.1) is 11.0 Å². The van der Waals surface area contributed by atoms with E-state index in [1.165, 1.54) is 44.1 Å². The second kappa shape index (κ2) is 11.0. The molecule has 2 aromatic heterocycles. The standard InChI is InChI=1S/C41H29N3/c1-2-10-30(11-3-1)31-17-23-34(24-18-31)43(41-16-8-9-29-42-41)35-25-19-32(20-26-35)33-21-27-36(28-22-33)44-39-14-6-4-12-37(39)38-13-5-7-15-40(38)44/h1-29H. The fourth-order valence-electron chi connectivity index (χ4n) is 6.14. The van der Waals surface area contributed by atoms with Crippen LogP contribution in [0.5, 0.6) is 0 Å². The predicted molar refractivity (Wildman–Crippen MR) is 184 cm³/mol. The van der Waals surface area contributed by atoms with Crippen LogP contribution < -0.4 is 4.90 Å². The number of para-hydroxylation sites is 2. The highest BCUT2D eigenvalue weighted by atomic mass is 15.2. The van der Waals surface area contributed by atoms with E-state index in [9.17, 15) is 0 Å². The van der Waals surface area contributed by atoms with Gasteiger partial charge in [0.1, 0.15) is 5.82 Å². The molecule has 8 rings (SSSR count). The molecule has 3 nitrogen and oxygen atoms in total. The van der Waals surface area contributed by atoms with Crippen molar-refractivity contribution in [3.05, 3.63) is 176 Å². The van der Waals surface area contributed by atoms with Crippen LogP contribution in [0.1, 0.15) is 0 Å². The van der Waals surface area contributed by atoms with Crippen molar-refractivity contribution in [2.75, 3.05) is 4.90 Å². The second-order valence-electron chi connectivity index (χ2n) is 10.9. The minimum absolute atomic E-state index is 0.878. The molecule has 0 fully saturated rings. The fourth-order valence-corrected chi connectivity index (χ4v) is 6.14. The molecule has 0 aliphatic rings. The predicted octanol–water partition coefficient (Wildman–Crippen LogP) is 11.0. The van der Waals surface area contributed by atoms with Crippen LogP contribution in [-0.2, 0) is 0 Å². The number of hydrogen-bond acceptors (Lipinski definition) is 2. The Morgan fingerprint density at radius 2 is 0.841 bits per heavy atom. The summed E-state index contributed by atoms with van der Waals surface area (Å²) in [7, 11) is 0. The molecule has 0 N–H and O–H groups in total. The number of rotatable bonds is 6. The van der Waals surface area contributed by atoms with Gasteiger partial charge in [-0.1, -0.05) is 109 Å². The Labute approximate surface area is 256 Å². The first kappa shape index (κ1) is 25.8.